The van der Waals surface area contributed by atoms with E-state index in [4.69, 9.17) is 16.3 Å². The van der Waals surface area contributed by atoms with Gasteiger partial charge in [-0.15, -0.1) is 0 Å². The number of esters is 1. The standard InChI is InChI=1S/C21H18ClNO5/c1-2-3-10-23-19(25)16-9-6-14(11-17(16)20(23)26)21(27)28-12-18(24)13-4-7-15(22)8-5-13/h4-9,11H,2-3,10,12H2,1H3. The average molecular weight is 400 g/mol. The summed E-state index contributed by atoms with van der Waals surface area (Å²) in [5.41, 5.74) is 0.939. The number of nitrogens with zero attached hydrogens (tertiary/aromatic N) is 1. The number of halogens is 1. The number of amides is 2. The molecule has 144 valence electrons. The fraction of sp³-hybridized carbons (Fsp3) is 0.238. The van der Waals surface area contributed by atoms with E-state index in [0.29, 0.717) is 23.6 Å². The van der Waals surface area contributed by atoms with Crippen molar-refractivity contribution in [2.45, 2.75) is 19.8 Å². The van der Waals surface area contributed by atoms with Crippen LogP contribution in [0, 0.1) is 0 Å². The Bertz CT molecular complexity index is 952. The zero-order valence-corrected chi connectivity index (χ0v) is 16.0. The predicted molar refractivity (Wildman–Crippen MR) is 103 cm³/mol. The van der Waals surface area contributed by atoms with Crippen molar-refractivity contribution >= 4 is 35.2 Å². The number of carbonyl (C=O) groups excluding carboxylic acids is 4. The van der Waals surface area contributed by atoms with Gasteiger partial charge < -0.3 is 4.74 Å². The van der Waals surface area contributed by atoms with Crippen molar-refractivity contribution in [2.75, 3.05) is 13.2 Å². The number of benzene rings is 2. The van der Waals surface area contributed by atoms with E-state index in [0.717, 1.165) is 6.42 Å². The lowest BCUT2D eigenvalue weighted by Crippen LogP contribution is -2.30. The molecular weight excluding hydrogens is 382 g/mol. The number of imide groups is 1. The van der Waals surface area contributed by atoms with Gasteiger partial charge in [0.15, 0.2) is 12.4 Å². The van der Waals surface area contributed by atoms with E-state index in [2.05, 4.69) is 0 Å². The largest absolute Gasteiger partial charge is 0.454 e. The highest BCUT2D eigenvalue weighted by Gasteiger charge is 2.35. The second-order valence-corrected chi connectivity index (χ2v) is 6.82. The van der Waals surface area contributed by atoms with Gasteiger partial charge in [-0.25, -0.2) is 4.79 Å². The molecule has 0 spiro atoms. The molecule has 0 atom stereocenters. The van der Waals surface area contributed by atoms with Crippen LogP contribution in [0.5, 0.6) is 0 Å². The van der Waals surface area contributed by atoms with Crippen LogP contribution < -0.4 is 0 Å². The van der Waals surface area contributed by atoms with E-state index in [1.165, 1.54) is 23.1 Å². The third-order valence-corrected chi connectivity index (χ3v) is 4.69. The van der Waals surface area contributed by atoms with Crippen LogP contribution in [0.4, 0.5) is 0 Å². The Morgan fingerprint density at radius 3 is 2.29 bits per heavy atom. The quantitative estimate of drug-likeness (QED) is 0.402. The van der Waals surface area contributed by atoms with Crippen molar-refractivity contribution < 1.29 is 23.9 Å². The van der Waals surface area contributed by atoms with Crippen LogP contribution in [0.25, 0.3) is 0 Å². The SMILES string of the molecule is CCCCN1C(=O)c2ccc(C(=O)OCC(=O)c3ccc(Cl)cc3)cc2C1=O. The lowest BCUT2D eigenvalue weighted by Gasteiger charge is -2.12. The monoisotopic (exact) mass is 399 g/mol. The lowest BCUT2D eigenvalue weighted by molar-refractivity contribution is 0.0474. The normalized spacial score (nSPS) is 12.9. The molecule has 0 aliphatic carbocycles. The Kier molecular flexibility index (Phi) is 5.90. The lowest BCUT2D eigenvalue weighted by atomic mass is 10.1. The molecule has 1 aliphatic rings. The van der Waals surface area contributed by atoms with E-state index < -0.39 is 18.5 Å². The van der Waals surface area contributed by atoms with Crippen LogP contribution in [0.3, 0.4) is 0 Å². The Balaban J connectivity index is 1.68. The minimum absolute atomic E-state index is 0.112. The highest BCUT2D eigenvalue weighted by atomic mass is 35.5. The first-order chi connectivity index (χ1) is 13.4. The van der Waals surface area contributed by atoms with Crippen LogP contribution >= 0.6 is 11.6 Å². The van der Waals surface area contributed by atoms with Gasteiger partial charge in [-0.05, 0) is 48.9 Å². The van der Waals surface area contributed by atoms with Crippen LogP contribution in [0.2, 0.25) is 5.02 Å². The van der Waals surface area contributed by atoms with Gasteiger partial charge in [-0.2, -0.15) is 0 Å². The van der Waals surface area contributed by atoms with Crippen molar-refractivity contribution in [3.05, 3.63) is 69.7 Å². The first-order valence-corrected chi connectivity index (χ1v) is 9.26. The number of rotatable bonds is 7. The van der Waals surface area contributed by atoms with Gasteiger partial charge in [0.05, 0.1) is 16.7 Å². The molecule has 0 radical (unpaired) electrons. The number of fused-ring (bicyclic) bond motifs is 1. The zero-order chi connectivity index (χ0) is 20.3. The summed E-state index contributed by atoms with van der Waals surface area (Å²) in [4.78, 5) is 50.3. The molecular formula is C21H18ClNO5. The van der Waals surface area contributed by atoms with Gasteiger partial charge in [0.25, 0.3) is 11.8 Å². The number of carbonyl (C=O) groups is 4. The van der Waals surface area contributed by atoms with E-state index in [9.17, 15) is 19.2 Å². The van der Waals surface area contributed by atoms with Gasteiger partial charge in [0.1, 0.15) is 0 Å². The summed E-state index contributed by atoms with van der Waals surface area (Å²) in [6.45, 7) is 1.88. The van der Waals surface area contributed by atoms with Crippen LogP contribution in [-0.4, -0.2) is 41.6 Å². The molecule has 1 heterocycles. The van der Waals surface area contributed by atoms with Gasteiger partial charge in [-0.1, -0.05) is 24.9 Å². The molecule has 3 rings (SSSR count). The molecule has 0 fully saturated rings. The number of hydrogen-bond acceptors (Lipinski definition) is 5. The summed E-state index contributed by atoms with van der Waals surface area (Å²) in [5.74, 6) is -1.88. The fourth-order valence-corrected chi connectivity index (χ4v) is 3.00. The van der Waals surface area contributed by atoms with Crippen LogP contribution in [0.1, 0.15) is 61.2 Å². The van der Waals surface area contributed by atoms with Gasteiger partial charge in [0, 0.05) is 17.1 Å². The summed E-state index contributed by atoms with van der Waals surface area (Å²) in [6, 6.07) is 10.4. The molecule has 7 heteroatoms. The molecule has 0 bridgehead atoms. The maximum absolute atomic E-state index is 12.5. The minimum atomic E-state index is -0.739. The van der Waals surface area contributed by atoms with Crippen molar-refractivity contribution in [2.24, 2.45) is 0 Å². The summed E-state index contributed by atoms with van der Waals surface area (Å²) >= 11 is 5.78. The molecule has 0 saturated heterocycles. The molecule has 6 nitrogen and oxygen atoms in total. The van der Waals surface area contributed by atoms with Gasteiger partial charge >= 0.3 is 5.97 Å². The number of ketones is 1. The van der Waals surface area contributed by atoms with E-state index in [-0.39, 0.29) is 28.4 Å². The van der Waals surface area contributed by atoms with Crippen molar-refractivity contribution in [1.29, 1.82) is 0 Å². The molecule has 0 unspecified atom stereocenters. The van der Waals surface area contributed by atoms with Crippen molar-refractivity contribution in [3.63, 3.8) is 0 Å². The summed E-state index contributed by atoms with van der Waals surface area (Å²) in [7, 11) is 0. The van der Waals surface area contributed by atoms with E-state index in [1.807, 2.05) is 6.92 Å². The topological polar surface area (TPSA) is 80.8 Å². The average Bonchev–Trinajstić information content (AvgIpc) is 2.94. The summed E-state index contributed by atoms with van der Waals surface area (Å²) in [5, 5.41) is 0.499. The molecule has 2 aromatic carbocycles. The molecule has 0 saturated carbocycles. The van der Waals surface area contributed by atoms with Crippen molar-refractivity contribution in [1.82, 2.24) is 4.90 Å². The van der Waals surface area contributed by atoms with Gasteiger partial charge in [-0.3, -0.25) is 19.3 Å². The smallest absolute Gasteiger partial charge is 0.338 e. The third kappa shape index (κ3) is 3.97. The minimum Gasteiger partial charge on any atom is -0.454 e. The number of unbranched alkanes of at least 4 members (excludes halogenated alkanes) is 1. The predicted octanol–water partition coefficient (Wildman–Crippen LogP) is 3.78. The molecule has 0 aromatic heterocycles. The van der Waals surface area contributed by atoms with E-state index >= 15 is 0 Å². The first kappa shape index (κ1) is 19.8. The second-order valence-electron chi connectivity index (χ2n) is 6.38. The summed E-state index contributed by atoms with van der Waals surface area (Å²) < 4.78 is 5.06. The maximum atomic E-state index is 12.5. The second kappa shape index (κ2) is 8.35. The third-order valence-electron chi connectivity index (χ3n) is 4.44. The Morgan fingerprint density at radius 1 is 0.964 bits per heavy atom. The number of Topliss-reactive ketones (excluding diaryl/α,β-unsaturated/α-hetero) is 1. The highest BCUT2D eigenvalue weighted by Crippen LogP contribution is 2.24. The fourth-order valence-electron chi connectivity index (χ4n) is 2.87. The van der Waals surface area contributed by atoms with Gasteiger partial charge in [0.2, 0.25) is 0 Å². The first-order valence-electron chi connectivity index (χ1n) is 8.88. The number of ether oxygens (including phenoxy) is 1. The molecule has 28 heavy (non-hydrogen) atoms. The zero-order valence-electron chi connectivity index (χ0n) is 15.2. The maximum Gasteiger partial charge on any atom is 0.338 e. The Labute approximate surface area is 167 Å². The Hall–Kier alpha value is -2.99. The molecule has 1 aliphatic heterocycles. The van der Waals surface area contributed by atoms with Crippen LogP contribution in [-0.2, 0) is 4.74 Å². The number of hydrogen-bond donors (Lipinski definition) is 0. The highest BCUT2D eigenvalue weighted by molar-refractivity contribution is 6.30. The Morgan fingerprint density at radius 2 is 1.61 bits per heavy atom. The molecule has 2 amide bonds. The van der Waals surface area contributed by atoms with E-state index in [1.54, 1.807) is 24.3 Å². The van der Waals surface area contributed by atoms with Crippen molar-refractivity contribution in [3.8, 4) is 0 Å². The summed E-state index contributed by atoms with van der Waals surface area (Å²) in [6.07, 6.45) is 1.57. The van der Waals surface area contributed by atoms with Crippen LogP contribution in [0.15, 0.2) is 42.5 Å². The molecule has 0 N–H and O–H groups in total. The molecule has 2 aromatic rings.